The van der Waals surface area contributed by atoms with Crippen molar-refractivity contribution in [1.29, 1.82) is 0 Å². The van der Waals surface area contributed by atoms with Crippen molar-refractivity contribution in [3.63, 3.8) is 0 Å². The lowest BCUT2D eigenvalue weighted by Crippen LogP contribution is -2.34. The number of esters is 1. The number of halogens is 3. The second-order valence-corrected chi connectivity index (χ2v) is 3.66. The number of hydrogen-bond acceptors (Lipinski definition) is 5. The lowest BCUT2D eigenvalue weighted by atomic mass is 10.1. The Morgan fingerprint density at radius 2 is 1.94 bits per heavy atom. The van der Waals surface area contributed by atoms with E-state index in [-0.39, 0.29) is 19.4 Å². The van der Waals surface area contributed by atoms with Crippen LogP contribution in [-0.4, -0.2) is 30.6 Å². The quantitative estimate of drug-likeness (QED) is 0.267. The third-order valence-electron chi connectivity index (χ3n) is 2.39. The lowest BCUT2D eigenvalue weighted by Gasteiger charge is -2.15. The number of nitrogens with zero attached hydrogens (tertiary/aromatic N) is 1. The van der Waals surface area contributed by atoms with E-state index in [9.17, 15) is 22.8 Å². The van der Waals surface area contributed by atoms with Gasteiger partial charge in [0.15, 0.2) is 5.41 Å². The Bertz CT molecular complexity index is 388. The van der Waals surface area contributed by atoms with Crippen molar-refractivity contribution < 1.29 is 32.3 Å². The number of carbonyl (C=O) groups excluding carboxylic acids is 2. The summed E-state index contributed by atoms with van der Waals surface area (Å²) in [5.74, 6) is -3.45. The molecular formula is C9H11F3N2O4. The summed E-state index contributed by atoms with van der Waals surface area (Å²) in [4.78, 5) is 26.2. The maximum atomic E-state index is 12.5. The van der Waals surface area contributed by atoms with E-state index in [1.54, 1.807) is 0 Å². The van der Waals surface area contributed by atoms with Crippen molar-refractivity contribution in [2.75, 3.05) is 6.61 Å². The molecule has 6 nitrogen and oxygen atoms in total. The van der Waals surface area contributed by atoms with Gasteiger partial charge in [0.2, 0.25) is 5.84 Å². The summed E-state index contributed by atoms with van der Waals surface area (Å²) in [6.07, 6.45) is -5.41. The molecule has 2 N–H and O–H groups in total. The Hall–Kier alpha value is -1.80. The number of ether oxygens (including phenoxy) is 1. The third-order valence-corrected chi connectivity index (χ3v) is 2.39. The fraction of sp³-hybridized carbons (Fsp3) is 0.667. The molecule has 1 aliphatic rings. The summed E-state index contributed by atoms with van der Waals surface area (Å²) in [6.45, 7) is 1.51. The fourth-order valence-electron chi connectivity index (χ4n) is 1.15. The molecular weight excluding hydrogens is 257 g/mol. The summed E-state index contributed by atoms with van der Waals surface area (Å²) in [6, 6.07) is 0. The second kappa shape index (κ2) is 4.83. The zero-order valence-corrected chi connectivity index (χ0v) is 9.41. The van der Waals surface area contributed by atoms with Gasteiger partial charge in [-0.05, 0) is 19.8 Å². The van der Waals surface area contributed by atoms with Crippen molar-refractivity contribution in [3.8, 4) is 0 Å². The van der Waals surface area contributed by atoms with Crippen molar-refractivity contribution >= 4 is 17.8 Å². The number of amidine groups is 1. The first kappa shape index (κ1) is 14.3. The number of hydrogen-bond donors (Lipinski definition) is 1. The fourth-order valence-corrected chi connectivity index (χ4v) is 1.15. The first-order valence-corrected chi connectivity index (χ1v) is 5.03. The van der Waals surface area contributed by atoms with E-state index in [0.29, 0.717) is 0 Å². The van der Waals surface area contributed by atoms with E-state index in [2.05, 4.69) is 14.7 Å². The number of carbonyl (C=O) groups is 2. The van der Waals surface area contributed by atoms with Gasteiger partial charge in [-0.25, -0.2) is 9.59 Å². The van der Waals surface area contributed by atoms with E-state index in [1.165, 1.54) is 6.92 Å². The summed E-state index contributed by atoms with van der Waals surface area (Å²) in [7, 11) is 0. The van der Waals surface area contributed by atoms with Gasteiger partial charge in [0.1, 0.15) is 0 Å². The van der Waals surface area contributed by atoms with Gasteiger partial charge in [0.25, 0.3) is 0 Å². The van der Waals surface area contributed by atoms with Crippen LogP contribution >= 0.6 is 0 Å². The molecule has 0 radical (unpaired) electrons. The van der Waals surface area contributed by atoms with Crippen LogP contribution in [0.4, 0.5) is 13.2 Å². The molecule has 0 bridgehead atoms. The molecule has 0 unspecified atom stereocenters. The van der Waals surface area contributed by atoms with Crippen molar-refractivity contribution in [2.45, 2.75) is 25.9 Å². The van der Waals surface area contributed by atoms with Crippen LogP contribution in [-0.2, 0) is 19.2 Å². The number of alkyl halides is 3. The standard InChI is InChI=1S/C9H11F3N2O4/c1-2-17-6(15)5(13)14-18-7(16)8(3-4-8)9(10,11)12/h2-4H2,1H3,(H2,13,14). The molecule has 0 spiro atoms. The number of rotatable bonds is 3. The molecule has 1 aliphatic carbocycles. The summed E-state index contributed by atoms with van der Waals surface area (Å²) >= 11 is 0. The lowest BCUT2D eigenvalue weighted by molar-refractivity contribution is -0.206. The predicted octanol–water partition coefficient (Wildman–Crippen LogP) is 0.707. The van der Waals surface area contributed by atoms with Gasteiger partial charge in [0, 0.05) is 0 Å². The van der Waals surface area contributed by atoms with Gasteiger partial charge in [0.05, 0.1) is 6.61 Å². The Labute approximate surface area is 99.9 Å². The van der Waals surface area contributed by atoms with Crippen LogP contribution in [0, 0.1) is 5.41 Å². The zero-order chi connectivity index (χ0) is 14.0. The molecule has 1 saturated carbocycles. The highest BCUT2D eigenvalue weighted by atomic mass is 19.4. The van der Waals surface area contributed by atoms with Crippen molar-refractivity contribution in [1.82, 2.24) is 0 Å². The van der Waals surface area contributed by atoms with Crippen LogP contribution in [0.3, 0.4) is 0 Å². The van der Waals surface area contributed by atoms with Gasteiger partial charge in [-0.3, -0.25) is 0 Å². The summed E-state index contributed by atoms with van der Waals surface area (Å²) < 4.78 is 41.8. The van der Waals surface area contributed by atoms with Gasteiger partial charge >= 0.3 is 18.1 Å². The highest BCUT2D eigenvalue weighted by Gasteiger charge is 2.70. The maximum Gasteiger partial charge on any atom is 0.405 e. The first-order chi connectivity index (χ1) is 8.24. The first-order valence-electron chi connectivity index (χ1n) is 5.03. The molecule has 0 aromatic rings. The summed E-state index contributed by atoms with van der Waals surface area (Å²) in [5, 5.41) is 2.83. The molecule has 0 atom stereocenters. The van der Waals surface area contributed by atoms with Crippen molar-refractivity contribution in [2.24, 2.45) is 16.3 Å². The smallest absolute Gasteiger partial charge is 0.405 e. The topological polar surface area (TPSA) is 91.0 Å². The molecule has 9 heteroatoms. The van der Waals surface area contributed by atoms with E-state index in [1.807, 2.05) is 0 Å². The van der Waals surface area contributed by atoms with Crippen molar-refractivity contribution in [3.05, 3.63) is 0 Å². The molecule has 18 heavy (non-hydrogen) atoms. The van der Waals surface area contributed by atoms with Crippen LogP contribution in [0.5, 0.6) is 0 Å². The van der Waals surface area contributed by atoms with E-state index >= 15 is 0 Å². The van der Waals surface area contributed by atoms with E-state index in [4.69, 9.17) is 5.73 Å². The molecule has 102 valence electrons. The van der Waals surface area contributed by atoms with E-state index in [0.717, 1.165) is 0 Å². The average molecular weight is 268 g/mol. The largest absolute Gasteiger partial charge is 0.460 e. The molecule has 0 heterocycles. The molecule has 0 aliphatic heterocycles. The zero-order valence-electron chi connectivity index (χ0n) is 9.41. The molecule has 0 aromatic heterocycles. The Kier molecular flexibility index (Phi) is 3.82. The van der Waals surface area contributed by atoms with Gasteiger partial charge < -0.3 is 15.3 Å². The molecule has 0 amide bonds. The number of nitrogens with two attached hydrogens (primary N) is 1. The van der Waals surface area contributed by atoms with Gasteiger partial charge in [-0.1, -0.05) is 5.16 Å². The second-order valence-electron chi connectivity index (χ2n) is 3.66. The van der Waals surface area contributed by atoms with E-state index < -0.39 is 29.4 Å². The van der Waals surface area contributed by atoms with Gasteiger partial charge in [-0.15, -0.1) is 0 Å². The Morgan fingerprint density at radius 3 is 2.33 bits per heavy atom. The summed E-state index contributed by atoms with van der Waals surface area (Å²) in [5.41, 5.74) is 2.53. The molecule has 0 aromatic carbocycles. The normalized spacial score (nSPS) is 18.1. The highest BCUT2D eigenvalue weighted by molar-refractivity contribution is 6.34. The van der Waals surface area contributed by atoms with Crippen LogP contribution in [0.1, 0.15) is 19.8 Å². The minimum atomic E-state index is -4.70. The molecule has 1 fully saturated rings. The Morgan fingerprint density at radius 1 is 1.39 bits per heavy atom. The minimum Gasteiger partial charge on any atom is -0.460 e. The van der Waals surface area contributed by atoms with Crippen LogP contribution in [0.25, 0.3) is 0 Å². The average Bonchev–Trinajstić information content (AvgIpc) is 3.05. The van der Waals surface area contributed by atoms with Gasteiger partial charge in [-0.2, -0.15) is 13.2 Å². The molecule has 0 saturated heterocycles. The molecule has 1 rings (SSSR count). The highest BCUT2D eigenvalue weighted by Crippen LogP contribution is 2.58. The third kappa shape index (κ3) is 2.71. The minimum absolute atomic E-state index is 0.00941. The Balaban J connectivity index is 2.62. The predicted molar refractivity (Wildman–Crippen MR) is 52.1 cm³/mol. The van der Waals surface area contributed by atoms with Crippen LogP contribution in [0.15, 0.2) is 5.16 Å². The maximum absolute atomic E-state index is 12.5. The monoisotopic (exact) mass is 268 g/mol. The van der Waals surface area contributed by atoms with Crippen LogP contribution in [0.2, 0.25) is 0 Å². The number of oxime groups is 1. The van der Waals surface area contributed by atoms with Crippen LogP contribution < -0.4 is 5.73 Å². The SMILES string of the molecule is CCOC(=O)C(N)=NOC(=O)C1(C(F)(F)F)CC1.